The quantitative estimate of drug-likeness (QED) is 0.726. The molecule has 0 aromatic carbocycles. The van der Waals surface area contributed by atoms with Crippen molar-refractivity contribution in [2.24, 2.45) is 0 Å². The summed E-state index contributed by atoms with van der Waals surface area (Å²) in [6.45, 7) is 3.81. The third-order valence-corrected chi connectivity index (χ3v) is 2.33. The molecule has 0 saturated heterocycles. The van der Waals surface area contributed by atoms with Crippen LogP contribution in [0, 0.1) is 6.92 Å². The van der Waals surface area contributed by atoms with Gasteiger partial charge in [0.25, 0.3) is 5.91 Å². The van der Waals surface area contributed by atoms with E-state index in [1.54, 1.807) is 6.92 Å². The highest BCUT2D eigenvalue weighted by Crippen LogP contribution is 2.09. The molecule has 0 atom stereocenters. The van der Waals surface area contributed by atoms with E-state index < -0.39 is 0 Å². The zero-order valence-electron chi connectivity index (χ0n) is 9.16. The molecule has 0 saturated carbocycles. The van der Waals surface area contributed by atoms with E-state index in [1.807, 2.05) is 13.0 Å². The van der Waals surface area contributed by atoms with Gasteiger partial charge in [-0.05, 0) is 13.3 Å². The molecule has 1 amide bonds. The molecule has 0 bridgehead atoms. The molecule has 2 rings (SSSR count). The largest absolute Gasteiger partial charge is 0.305 e. The summed E-state index contributed by atoms with van der Waals surface area (Å²) in [5.41, 5.74) is 2.25. The van der Waals surface area contributed by atoms with Gasteiger partial charge >= 0.3 is 0 Å². The van der Waals surface area contributed by atoms with Gasteiger partial charge in [0.05, 0.1) is 11.8 Å². The highest BCUT2D eigenvalue weighted by atomic mass is 16.1. The molecule has 0 aliphatic heterocycles. The number of aryl methyl sites for hydroxylation is 2. The molecular weight excluding hydrogens is 206 g/mol. The van der Waals surface area contributed by atoms with E-state index in [0.29, 0.717) is 11.4 Å². The van der Waals surface area contributed by atoms with Gasteiger partial charge in [-0.3, -0.25) is 15.0 Å². The highest BCUT2D eigenvalue weighted by molar-refractivity contribution is 6.04. The maximum atomic E-state index is 11.8. The van der Waals surface area contributed by atoms with E-state index in [2.05, 4.69) is 25.7 Å². The zero-order valence-corrected chi connectivity index (χ0v) is 9.16. The molecule has 0 unspecified atom stereocenters. The van der Waals surface area contributed by atoms with Gasteiger partial charge in [0.2, 0.25) is 0 Å². The van der Waals surface area contributed by atoms with Crippen molar-refractivity contribution in [3.63, 3.8) is 0 Å². The average Bonchev–Trinajstić information content (AvgIpc) is 2.86. The molecular formula is C10H13N5O. The minimum absolute atomic E-state index is 0.208. The molecule has 84 valence electrons. The Kier molecular flexibility index (Phi) is 2.72. The lowest BCUT2D eigenvalue weighted by Crippen LogP contribution is -2.12. The van der Waals surface area contributed by atoms with Crippen molar-refractivity contribution in [2.75, 3.05) is 5.32 Å². The van der Waals surface area contributed by atoms with E-state index in [-0.39, 0.29) is 5.91 Å². The maximum absolute atomic E-state index is 11.8. The number of amides is 1. The van der Waals surface area contributed by atoms with Crippen LogP contribution in [0.25, 0.3) is 0 Å². The number of aromatic amines is 2. The molecule has 2 heterocycles. The minimum Gasteiger partial charge on any atom is -0.305 e. The SMILES string of the molecule is CCc1cc(NC(=O)c2cn[nH]c2C)n[nH]1. The Morgan fingerprint density at radius 3 is 2.88 bits per heavy atom. The summed E-state index contributed by atoms with van der Waals surface area (Å²) in [5.74, 6) is 0.322. The van der Waals surface area contributed by atoms with Crippen LogP contribution in [0.15, 0.2) is 12.3 Å². The fourth-order valence-electron chi connectivity index (χ4n) is 1.37. The van der Waals surface area contributed by atoms with Crippen molar-refractivity contribution in [3.8, 4) is 0 Å². The summed E-state index contributed by atoms with van der Waals surface area (Å²) in [5, 5.41) is 16.0. The monoisotopic (exact) mass is 219 g/mol. The van der Waals surface area contributed by atoms with Crippen molar-refractivity contribution in [2.45, 2.75) is 20.3 Å². The third-order valence-electron chi connectivity index (χ3n) is 2.33. The number of H-pyrrole nitrogens is 2. The highest BCUT2D eigenvalue weighted by Gasteiger charge is 2.12. The van der Waals surface area contributed by atoms with Crippen LogP contribution in [0.4, 0.5) is 5.82 Å². The van der Waals surface area contributed by atoms with E-state index >= 15 is 0 Å². The summed E-state index contributed by atoms with van der Waals surface area (Å²) in [7, 11) is 0. The number of carbonyl (C=O) groups is 1. The van der Waals surface area contributed by atoms with Crippen molar-refractivity contribution >= 4 is 11.7 Å². The normalized spacial score (nSPS) is 10.4. The lowest BCUT2D eigenvalue weighted by molar-refractivity contribution is 0.102. The summed E-state index contributed by atoms with van der Waals surface area (Å²) in [4.78, 5) is 11.8. The smallest absolute Gasteiger partial charge is 0.260 e. The lowest BCUT2D eigenvalue weighted by atomic mass is 10.2. The van der Waals surface area contributed by atoms with Crippen LogP contribution < -0.4 is 5.32 Å². The topological polar surface area (TPSA) is 86.5 Å². The van der Waals surface area contributed by atoms with Gasteiger partial charge in [0.1, 0.15) is 0 Å². The Morgan fingerprint density at radius 2 is 2.31 bits per heavy atom. The maximum Gasteiger partial charge on any atom is 0.260 e. The summed E-state index contributed by atoms with van der Waals surface area (Å²) < 4.78 is 0. The molecule has 0 aliphatic carbocycles. The first-order valence-corrected chi connectivity index (χ1v) is 5.06. The second-order valence-corrected chi connectivity index (χ2v) is 3.49. The van der Waals surface area contributed by atoms with Crippen LogP contribution in [0.5, 0.6) is 0 Å². The number of nitrogens with zero attached hydrogens (tertiary/aromatic N) is 2. The van der Waals surface area contributed by atoms with Crippen LogP contribution in [0.2, 0.25) is 0 Å². The van der Waals surface area contributed by atoms with Crippen molar-refractivity contribution in [3.05, 3.63) is 29.2 Å². The van der Waals surface area contributed by atoms with Crippen molar-refractivity contribution in [1.29, 1.82) is 0 Å². The van der Waals surface area contributed by atoms with Crippen LogP contribution in [0.1, 0.15) is 28.7 Å². The molecule has 6 nitrogen and oxygen atoms in total. The molecule has 3 N–H and O–H groups in total. The van der Waals surface area contributed by atoms with Crippen LogP contribution in [0.3, 0.4) is 0 Å². The number of rotatable bonds is 3. The van der Waals surface area contributed by atoms with Gasteiger partial charge in [0.15, 0.2) is 5.82 Å². The Hall–Kier alpha value is -2.11. The van der Waals surface area contributed by atoms with Gasteiger partial charge in [0, 0.05) is 17.5 Å². The summed E-state index contributed by atoms with van der Waals surface area (Å²) in [6, 6.07) is 1.81. The van der Waals surface area contributed by atoms with E-state index in [1.165, 1.54) is 6.20 Å². The molecule has 0 spiro atoms. The summed E-state index contributed by atoms with van der Waals surface area (Å²) in [6.07, 6.45) is 2.35. The van der Waals surface area contributed by atoms with E-state index in [4.69, 9.17) is 0 Å². The molecule has 0 aliphatic rings. The van der Waals surface area contributed by atoms with E-state index in [9.17, 15) is 4.79 Å². The number of hydrogen-bond acceptors (Lipinski definition) is 3. The predicted octanol–water partition coefficient (Wildman–Crippen LogP) is 1.26. The fraction of sp³-hybridized carbons (Fsp3) is 0.300. The number of anilines is 1. The molecule has 0 radical (unpaired) electrons. The molecule has 6 heteroatoms. The first kappa shape index (κ1) is 10.4. The number of aromatic nitrogens is 4. The molecule has 16 heavy (non-hydrogen) atoms. The zero-order chi connectivity index (χ0) is 11.5. The predicted molar refractivity (Wildman–Crippen MR) is 59.2 cm³/mol. The van der Waals surface area contributed by atoms with Gasteiger partial charge < -0.3 is 5.32 Å². The van der Waals surface area contributed by atoms with Crippen LogP contribution in [-0.2, 0) is 6.42 Å². The Morgan fingerprint density at radius 1 is 1.50 bits per heavy atom. The minimum atomic E-state index is -0.208. The Balaban J connectivity index is 2.11. The van der Waals surface area contributed by atoms with Crippen molar-refractivity contribution in [1.82, 2.24) is 20.4 Å². The average molecular weight is 219 g/mol. The lowest BCUT2D eigenvalue weighted by Gasteiger charge is -1.98. The van der Waals surface area contributed by atoms with Gasteiger partial charge in [-0.1, -0.05) is 6.92 Å². The van der Waals surface area contributed by atoms with Gasteiger partial charge in [-0.15, -0.1) is 0 Å². The second-order valence-electron chi connectivity index (χ2n) is 3.49. The molecule has 2 aromatic heterocycles. The number of nitrogens with one attached hydrogen (secondary N) is 3. The number of carbonyl (C=O) groups excluding carboxylic acids is 1. The second kappa shape index (κ2) is 4.18. The number of hydrogen-bond donors (Lipinski definition) is 3. The first-order chi connectivity index (χ1) is 7.70. The summed E-state index contributed by atoms with van der Waals surface area (Å²) >= 11 is 0. The standard InChI is InChI=1S/C10H13N5O/c1-3-7-4-9(15-14-7)12-10(16)8-5-11-13-6(8)2/h4-5H,3H2,1-2H3,(H,11,13)(H2,12,14,15,16). The van der Waals surface area contributed by atoms with Gasteiger partial charge in [-0.2, -0.15) is 10.2 Å². The van der Waals surface area contributed by atoms with E-state index in [0.717, 1.165) is 17.8 Å². The van der Waals surface area contributed by atoms with Crippen LogP contribution in [-0.4, -0.2) is 26.3 Å². The first-order valence-electron chi connectivity index (χ1n) is 5.06. The third kappa shape index (κ3) is 1.95. The fourth-order valence-corrected chi connectivity index (χ4v) is 1.37. The van der Waals surface area contributed by atoms with Gasteiger partial charge in [-0.25, -0.2) is 0 Å². The Labute approximate surface area is 92.5 Å². The van der Waals surface area contributed by atoms with Crippen LogP contribution >= 0.6 is 0 Å². The molecule has 0 fully saturated rings. The Bertz CT molecular complexity index is 499. The molecule has 2 aromatic rings. The van der Waals surface area contributed by atoms with Crippen molar-refractivity contribution < 1.29 is 4.79 Å².